The molecule has 1 N–H and O–H groups in total. The van der Waals surface area contributed by atoms with Crippen LogP contribution in [0.5, 0.6) is 0 Å². The molecule has 1 saturated carbocycles. The molecule has 0 aromatic heterocycles. The van der Waals surface area contributed by atoms with E-state index in [-0.39, 0.29) is 11.6 Å². The molecule has 2 rings (SSSR count). The number of hydrogen-bond acceptors (Lipinski definition) is 1. The average molecular weight is 404 g/mol. The highest BCUT2D eigenvalue weighted by molar-refractivity contribution is 5.35. The minimum absolute atomic E-state index is 0.187. The van der Waals surface area contributed by atoms with Crippen LogP contribution >= 0.6 is 0 Å². The summed E-state index contributed by atoms with van der Waals surface area (Å²) < 4.78 is 106. The molecule has 9 heteroatoms. The van der Waals surface area contributed by atoms with Crippen molar-refractivity contribution in [1.29, 1.82) is 0 Å². The van der Waals surface area contributed by atoms with Gasteiger partial charge in [-0.3, -0.25) is 0 Å². The van der Waals surface area contributed by atoms with Gasteiger partial charge in [-0.2, -0.15) is 26.3 Å². The molecule has 1 nitrogen and oxygen atoms in total. The topological polar surface area (TPSA) is 20.2 Å². The zero-order chi connectivity index (χ0) is 20.6. The maximum atomic E-state index is 14.4. The number of halogens is 8. The fourth-order valence-corrected chi connectivity index (χ4v) is 3.80. The molecule has 0 radical (unpaired) electrons. The molecule has 0 bridgehead atoms. The molecule has 0 atom stereocenters. The van der Waals surface area contributed by atoms with E-state index in [9.17, 15) is 40.2 Å². The van der Waals surface area contributed by atoms with Gasteiger partial charge in [0.25, 0.3) is 5.60 Å². The second kappa shape index (κ2) is 7.56. The van der Waals surface area contributed by atoms with Crippen LogP contribution in [0.3, 0.4) is 0 Å². The zero-order valence-electron chi connectivity index (χ0n) is 14.5. The summed E-state index contributed by atoms with van der Waals surface area (Å²) >= 11 is 0. The van der Waals surface area contributed by atoms with Crippen molar-refractivity contribution in [2.24, 2.45) is 5.92 Å². The summed E-state index contributed by atoms with van der Waals surface area (Å²) in [6.07, 6.45) is -8.16. The summed E-state index contributed by atoms with van der Waals surface area (Å²) in [5, 5.41) is 9.30. The van der Waals surface area contributed by atoms with Crippen molar-refractivity contribution in [2.45, 2.75) is 69.3 Å². The lowest BCUT2D eigenvalue weighted by molar-refractivity contribution is -0.377. The van der Waals surface area contributed by atoms with Crippen LogP contribution in [0, 0.1) is 17.6 Å². The van der Waals surface area contributed by atoms with Crippen molar-refractivity contribution in [2.75, 3.05) is 0 Å². The van der Waals surface area contributed by atoms with Crippen molar-refractivity contribution in [3.8, 4) is 0 Å². The largest absolute Gasteiger partial charge is 0.430 e. The van der Waals surface area contributed by atoms with E-state index in [1.807, 2.05) is 6.92 Å². The monoisotopic (exact) mass is 404 g/mol. The van der Waals surface area contributed by atoms with Crippen LogP contribution in [0.25, 0.3) is 0 Å². The van der Waals surface area contributed by atoms with Gasteiger partial charge in [0.05, 0.1) is 0 Å². The lowest BCUT2D eigenvalue weighted by Gasteiger charge is -2.34. The normalized spacial score (nSPS) is 22.1. The van der Waals surface area contributed by atoms with E-state index in [0.717, 1.165) is 31.7 Å². The first-order valence-electron chi connectivity index (χ1n) is 8.68. The molecular weight excluding hydrogens is 384 g/mol. The quantitative estimate of drug-likeness (QED) is 0.580. The van der Waals surface area contributed by atoms with Crippen LogP contribution in [0.1, 0.15) is 62.5 Å². The molecule has 0 spiro atoms. The molecule has 1 aromatic carbocycles. The van der Waals surface area contributed by atoms with E-state index in [4.69, 9.17) is 0 Å². The number of hydrogen-bond donors (Lipinski definition) is 1. The number of benzene rings is 1. The van der Waals surface area contributed by atoms with E-state index in [2.05, 4.69) is 0 Å². The van der Waals surface area contributed by atoms with Crippen LogP contribution in [-0.4, -0.2) is 17.5 Å². The first-order valence-corrected chi connectivity index (χ1v) is 8.68. The Morgan fingerprint density at radius 3 is 1.85 bits per heavy atom. The molecule has 0 unspecified atom stereocenters. The molecule has 0 aliphatic heterocycles. The molecule has 154 valence electrons. The van der Waals surface area contributed by atoms with Gasteiger partial charge in [-0.15, -0.1) is 0 Å². The van der Waals surface area contributed by atoms with E-state index in [1.54, 1.807) is 0 Å². The van der Waals surface area contributed by atoms with Crippen LogP contribution in [0.4, 0.5) is 35.1 Å². The van der Waals surface area contributed by atoms with Gasteiger partial charge >= 0.3 is 12.4 Å². The van der Waals surface area contributed by atoms with Crippen molar-refractivity contribution < 1.29 is 40.2 Å². The highest BCUT2D eigenvalue weighted by Gasteiger charge is 2.72. The van der Waals surface area contributed by atoms with Crippen molar-refractivity contribution in [3.63, 3.8) is 0 Å². The van der Waals surface area contributed by atoms with Gasteiger partial charge in [0.15, 0.2) is 11.6 Å². The third-order valence-corrected chi connectivity index (χ3v) is 5.31. The van der Waals surface area contributed by atoms with Gasteiger partial charge in [-0.1, -0.05) is 31.9 Å². The fraction of sp³-hybridized carbons (Fsp3) is 0.667. The van der Waals surface area contributed by atoms with E-state index in [1.165, 1.54) is 0 Å². The maximum absolute atomic E-state index is 14.4. The van der Waals surface area contributed by atoms with Crippen molar-refractivity contribution in [3.05, 3.63) is 34.9 Å². The predicted molar refractivity (Wildman–Crippen MR) is 82.0 cm³/mol. The smallest absolute Gasteiger partial charge is 0.369 e. The standard InChI is InChI=1S/C18H20F8O/c1-2-3-10-4-6-11(7-5-10)12-8-9-13(15(20)14(12)19)16(27,17(21,22)23)18(24,25)26/h8-11,27H,2-7H2,1H3. The molecule has 1 fully saturated rings. The van der Waals surface area contributed by atoms with Gasteiger partial charge in [-0.05, 0) is 43.1 Å². The molecule has 1 aliphatic carbocycles. The lowest BCUT2D eigenvalue weighted by atomic mass is 9.76. The molecule has 0 heterocycles. The summed E-state index contributed by atoms with van der Waals surface area (Å²) in [4.78, 5) is 0. The zero-order valence-corrected chi connectivity index (χ0v) is 14.5. The average Bonchev–Trinajstić information content (AvgIpc) is 2.56. The molecular formula is C18H20F8O. The molecule has 27 heavy (non-hydrogen) atoms. The minimum atomic E-state index is -6.27. The van der Waals surface area contributed by atoms with Gasteiger partial charge in [0, 0.05) is 5.56 Å². The third kappa shape index (κ3) is 3.93. The number of rotatable bonds is 4. The van der Waals surface area contributed by atoms with Crippen LogP contribution < -0.4 is 0 Å². The SMILES string of the molecule is CCCC1CCC(c2ccc(C(O)(C(F)(F)F)C(F)(F)F)c(F)c2F)CC1. The minimum Gasteiger partial charge on any atom is -0.369 e. The van der Waals surface area contributed by atoms with Gasteiger partial charge in [0.2, 0.25) is 0 Å². The third-order valence-electron chi connectivity index (χ3n) is 5.31. The van der Waals surface area contributed by atoms with E-state index in [0.29, 0.717) is 18.8 Å². The lowest BCUT2D eigenvalue weighted by Crippen LogP contribution is -2.54. The van der Waals surface area contributed by atoms with Gasteiger partial charge < -0.3 is 5.11 Å². The van der Waals surface area contributed by atoms with Crippen molar-refractivity contribution >= 4 is 0 Å². The highest BCUT2D eigenvalue weighted by atomic mass is 19.4. The Bertz CT molecular complexity index is 643. The Morgan fingerprint density at radius 2 is 1.41 bits per heavy atom. The first-order chi connectivity index (χ1) is 12.3. The summed E-state index contributed by atoms with van der Waals surface area (Å²) in [7, 11) is 0. The predicted octanol–water partition coefficient (Wildman–Crippen LogP) is 6.35. The number of alkyl halides is 6. The second-order valence-corrected chi connectivity index (χ2v) is 7.04. The Kier molecular flexibility index (Phi) is 6.14. The Morgan fingerprint density at radius 1 is 0.889 bits per heavy atom. The fourth-order valence-electron chi connectivity index (χ4n) is 3.80. The van der Waals surface area contributed by atoms with Gasteiger partial charge in [-0.25, -0.2) is 8.78 Å². The summed E-state index contributed by atoms with van der Waals surface area (Å²) in [6, 6.07) is 0.911. The summed E-state index contributed by atoms with van der Waals surface area (Å²) in [6.45, 7) is 2.02. The Hall–Kier alpha value is -1.38. The van der Waals surface area contributed by atoms with Gasteiger partial charge in [0.1, 0.15) is 0 Å². The molecule has 0 saturated heterocycles. The van der Waals surface area contributed by atoms with Crippen LogP contribution in [0.2, 0.25) is 0 Å². The maximum Gasteiger partial charge on any atom is 0.430 e. The van der Waals surface area contributed by atoms with Crippen molar-refractivity contribution in [1.82, 2.24) is 0 Å². The Balaban J connectivity index is 2.40. The van der Waals surface area contributed by atoms with E-state index >= 15 is 0 Å². The van der Waals surface area contributed by atoms with Crippen LogP contribution in [0.15, 0.2) is 12.1 Å². The highest BCUT2D eigenvalue weighted by Crippen LogP contribution is 2.51. The number of aliphatic hydroxyl groups is 1. The van der Waals surface area contributed by atoms with Crippen LogP contribution in [-0.2, 0) is 5.60 Å². The molecule has 1 aromatic rings. The van der Waals surface area contributed by atoms with E-state index < -0.39 is 41.1 Å². The molecule has 0 amide bonds. The second-order valence-electron chi connectivity index (χ2n) is 7.04. The summed E-state index contributed by atoms with van der Waals surface area (Å²) in [5.74, 6) is -4.13. The first kappa shape index (κ1) is 21.9. The summed E-state index contributed by atoms with van der Waals surface area (Å²) in [5.41, 5.74) is -7.91. The Labute approximate surface area is 151 Å². The molecule has 1 aliphatic rings.